The fourth-order valence-electron chi connectivity index (χ4n) is 2.02. The summed E-state index contributed by atoms with van der Waals surface area (Å²) in [6, 6.07) is 7.64. The first-order chi connectivity index (χ1) is 8.37. The van der Waals surface area contributed by atoms with Crippen molar-refractivity contribution >= 4 is 0 Å². The molecule has 2 unspecified atom stereocenters. The molecule has 2 atom stereocenters. The second kappa shape index (κ2) is 6.21. The summed E-state index contributed by atoms with van der Waals surface area (Å²) in [6.45, 7) is 8.39. The van der Waals surface area contributed by atoms with Crippen molar-refractivity contribution < 1.29 is 9.84 Å². The average Bonchev–Trinajstić information content (AvgIpc) is 2.34. The van der Waals surface area contributed by atoms with E-state index in [-0.39, 0.29) is 11.6 Å². The zero-order valence-corrected chi connectivity index (χ0v) is 12.0. The van der Waals surface area contributed by atoms with E-state index in [1.165, 1.54) is 0 Å². The highest BCUT2D eigenvalue weighted by Gasteiger charge is 2.23. The van der Waals surface area contributed by atoms with Crippen molar-refractivity contribution in [1.29, 1.82) is 0 Å². The van der Waals surface area contributed by atoms with E-state index >= 15 is 0 Å². The minimum atomic E-state index is -0.524. The number of rotatable bonds is 5. The smallest absolute Gasteiger partial charge is 0.119 e. The fraction of sp³-hybridized carbons (Fsp3) is 0.600. The van der Waals surface area contributed by atoms with E-state index in [9.17, 15) is 5.11 Å². The Morgan fingerprint density at radius 1 is 1.33 bits per heavy atom. The Morgan fingerprint density at radius 3 is 2.50 bits per heavy atom. The predicted octanol–water partition coefficient (Wildman–Crippen LogP) is 2.90. The molecule has 0 amide bonds. The molecule has 0 radical (unpaired) electrons. The van der Waals surface area contributed by atoms with Crippen molar-refractivity contribution in [2.45, 2.75) is 51.8 Å². The molecule has 0 saturated carbocycles. The van der Waals surface area contributed by atoms with Crippen LogP contribution in [0.4, 0.5) is 0 Å². The molecule has 0 aromatic heterocycles. The molecule has 0 spiro atoms. The molecule has 0 aliphatic heterocycles. The van der Waals surface area contributed by atoms with Gasteiger partial charge in [-0.3, -0.25) is 0 Å². The Kier molecular flexibility index (Phi) is 5.17. The molecule has 1 aromatic rings. The van der Waals surface area contributed by atoms with Crippen LogP contribution in [0.2, 0.25) is 0 Å². The molecule has 0 bridgehead atoms. The lowest BCUT2D eigenvalue weighted by Crippen LogP contribution is -2.46. The predicted molar refractivity (Wildman–Crippen MR) is 74.9 cm³/mol. The summed E-state index contributed by atoms with van der Waals surface area (Å²) in [7, 11) is 1.64. The topological polar surface area (TPSA) is 41.5 Å². The fourth-order valence-corrected chi connectivity index (χ4v) is 2.02. The molecule has 0 saturated heterocycles. The third-order valence-corrected chi connectivity index (χ3v) is 2.87. The quantitative estimate of drug-likeness (QED) is 0.845. The molecule has 0 aliphatic rings. The third kappa shape index (κ3) is 4.31. The van der Waals surface area contributed by atoms with Crippen molar-refractivity contribution in [2.75, 3.05) is 7.11 Å². The maximum absolute atomic E-state index is 10.4. The summed E-state index contributed by atoms with van der Waals surface area (Å²) >= 11 is 0. The van der Waals surface area contributed by atoms with Crippen molar-refractivity contribution in [3.05, 3.63) is 29.8 Å². The Bertz CT molecular complexity index is 371. The van der Waals surface area contributed by atoms with E-state index in [1.54, 1.807) is 7.11 Å². The largest absolute Gasteiger partial charge is 0.497 e. The van der Waals surface area contributed by atoms with Gasteiger partial charge in [-0.25, -0.2) is 0 Å². The molecular formula is C15H25NO2. The van der Waals surface area contributed by atoms with E-state index in [2.05, 4.69) is 33.0 Å². The lowest BCUT2D eigenvalue weighted by Gasteiger charge is -2.31. The number of aliphatic hydroxyl groups excluding tert-OH is 1. The SMILES string of the molecule is CCC(NC(C)(C)C)C(O)c1cccc(OC)c1. The van der Waals surface area contributed by atoms with Crippen LogP contribution in [0.1, 0.15) is 45.8 Å². The first-order valence-corrected chi connectivity index (χ1v) is 6.47. The highest BCUT2D eigenvalue weighted by molar-refractivity contribution is 5.30. The molecule has 3 nitrogen and oxygen atoms in total. The molecule has 3 heteroatoms. The summed E-state index contributed by atoms with van der Waals surface area (Å²) in [5, 5.41) is 13.9. The first-order valence-electron chi connectivity index (χ1n) is 6.47. The van der Waals surface area contributed by atoms with Gasteiger partial charge < -0.3 is 15.2 Å². The van der Waals surface area contributed by atoms with Crippen LogP contribution in [0, 0.1) is 0 Å². The highest BCUT2D eigenvalue weighted by atomic mass is 16.5. The highest BCUT2D eigenvalue weighted by Crippen LogP contribution is 2.24. The molecule has 1 rings (SSSR count). The molecule has 1 aromatic carbocycles. The van der Waals surface area contributed by atoms with Gasteiger partial charge in [-0.1, -0.05) is 19.1 Å². The second-order valence-electron chi connectivity index (χ2n) is 5.63. The van der Waals surface area contributed by atoms with Crippen LogP contribution < -0.4 is 10.1 Å². The molecule has 0 heterocycles. The van der Waals surface area contributed by atoms with Gasteiger partial charge in [0.15, 0.2) is 0 Å². The van der Waals surface area contributed by atoms with E-state index in [4.69, 9.17) is 4.74 Å². The van der Waals surface area contributed by atoms with E-state index in [0.717, 1.165) is 17.7 Å². The van der Waals surface area contributed by atoms with Crippen LogP contribution in [0.3, 0.4) is 0 Å². The second-order valence-corrected chi connectivity index (χ2v) is 5.63. The normalized spacial score (nSPS) is 15.2. The van der Waals surface area contributed by atoms with Crippen molar-refractivity contribution in [3.8, 4) is 5.75 Å². The minimum Gasteiger partial charge on any atom is -0.497 e. The van der Waals surface area contributed by atoms with E-state index in [0.29, 0.717) is 0 Å². The Morgan fingerprint density at radius 2 is 2.00 bits per heavy atom. The Hall–Kier alpha value is -1.06. The first kappa shape index (κ1) is 15.0. The van der Waals surface area contributed by atoms with Gasteiger partial charge in [0.2, 0.25) is 0 Å². The van der Waals surface area contributed by atoms with Gasteiger partial charge in [0, 0.05) is 11.6 Å². The Balaban J connectivity index is 2.85. The maximum Gasteiger partial charge on any atom is 0.119 e. The van der Waals surface area contributed by atoms with Gasteiger partial charge in [0.1, 0.15) is 5.75 Å². The van der Waals surface area contributed by atoms with Crippen LogP contribution in [0.5, 0.6) is 5.75 Å². The molecule has 0 fully saturated rings. The molecule has 2 N–H and O–H groups in total. The van der Waals surface area contributed by atoms with Crippen LogP contribution in [0.15, 0.2) is 24.3 Å². The van der Waals surface area contributed by atoms with Gasteiger partial charge in [-0.2, -0.15) is 0 Å². The molecule has 18 heavy (non-hydrogen) atoms. The van der Waals surface area contributed by atoms with Crippen LogP contribution in [0.25, 0.3) is 0 Å². The van der Waals surface area contributed by atoms with E-state index in [1.807, 2.05) is 24.3 Å². The van der Waals surface area contributed by atoms with Crippen LogP contribution in [-0.4, -0.2) is 23.8 Å². The van der Waals surface area contributed by atoms with Gasteiger partial charge in [-0.05, 0) is 44.9 Å². The lowest BCUT2D eigenvalue weighted by atomic mass is 9.97. The average molecular weight is 251 g/mol. The number of methoxy groups -OCH3 is 1. The number of benzene rings is 1. The van der Waals surface area contributed by atoms with Crippen LogP contribution >= 0.6 is 0 Å². The number of hydrogen-bond donors (Lipinski definition) is 2. The summed E-state index contributed by atoms with van der Waals surface area (Å²) in [6.07, 6.45) is 0.347. The number of hydrogen-bond acceptors (Lipinski definition) is 3. The van der Waals surface area contributed by atoms with Crippen molar-refractivity contribution in [3.63, 3.8) is 0 Å². The van der Waals surface area contributed by atoms with Gasteiger partial charge in [0.05, 0.1) is 13.2 Å². The van der Waals surface area contributed by atoms with Gasteiger partial charge in [-0.15, -0.1) is 0 Å². The summed E-state index contributed by atoms with van der Waals surface area (Å²) in [4.78, 5) is 0. The maximum atomic E-state index is 10.4. The van der Waals surface area contributed by atoms with Crippen molar-refractivity contribution in [2.24, 2.45) is 0 Å². The van der Waals surface area contributed by atoms with Crippen molar-refractivity contribution in [1.82, 2.24) is 5.32 Å². The van der Waals surface area contributed by atoms with Gasteiger partial charge >= 0.3 is 0 Å². The zero-order valence-electron chi connectivity index (χ0n) is 12.0. The summed E-state index contributed by atoms with van der Waals surface area (Å²) in [5.41, 5.74) is 0.874. The third-order valence-electron chi connectivity index (χ3n) is 2.87. The lowest BCUT2D eigenvalue weighted by molar-refractivity contribution is 0.110. The van der Waals surface area contributed by atoms with E-state index < -0.39 is 6.10 Å². The summed E-state index contributed by atoms with van der Waals surface area (Å²) < 4.78 is 5.19. The zero-order chi connectivity index (χ0) is 13.8. The summed E-state index contributed by atoms with van der Waals surface area (Å²) in [5.74, 6) is 0.775. The number of aliphatic hydroxyl groups is 1. The number of nitrogens with one attached hydrogen (secondary N) is 1. The molecule has 102 valence electrons. The molecule has 0 aliphatic carbocycles. The standard InChI is InChI=1S/C15H25NO2/c1-6-13(16-15(2,3)4)14(17)11-8-7-9-12(10-11)18-5/h7-10,13-14,16-17H,6H2,1-5H3. The minimum absolute atomic E-state index is 0.0134. The number of ether oxygens (including phenoxy) is 1. The van der Waals surface area contributed by atoms with Crippen LogP contribution in [-0.2, 0) is 0 Å². The van der Waals surface area contributed by atoms with Gasteiger partial charge in [0.25, 0.3) is 0 Å². The monoisotopic (exact) mass is 251 g/mol. The molecular weight excluding hydrogens is 226 g/mol. The Labute approximate surface area is 110 Å².